The number of fused-ring (bicyclic) bond motifs is 1. The lowest BCUT2D eigenvalue weighted by Gasteiger charge is -2.19. The van der Waals surface area contributed by atoms with Crippen LogP contribution in [0.25, 0.3) is 0 Å². The van der Waals surface area contributed by atoms with Crippen molar-refractivity contribution in [2.75, 3.05) is 36.6 Å². The summed E-state index contributed by atoms with van der Waals surface area (Å²) in [5.74, 6) is 1.41. The highest BCUT2D eigenvalue weighted by molar-refractivity contribution is 5.99. The van der Waals surface area contributed by atoms with Gasteiger partial charge in [-0.3, -0.25) is 9.69 Å². The summed E-state index contributed by atoms with van der Waals surface area (Å²) in [4.78, 5) is 28.5. The lowest BCUT2D eigenvalue weighted by molar-refractivity contribution is -0.116. The Kier molecular flexibility index (Phi) is 4.81. The second-order valence-corrected chi connectivity index (χ2v) is 7.18. The van der Waals surface area contributed by atoms with Gasteiger partial charge in [0.2, 0.25) is 12.7 Å². The Labute approximate surface area is 163 Å². The van der Waals surface area contributed by atoms with E-state index in [0.29, 0.717) is 30.5 Å². The molecule has 0 atom stereocenters. The minimum absolute atomic E-state index is 0.0202. The fourth-order valence-corrected chi connectivity index (χ4v) is 3.50. The number of rotatable bonds is 5. The van der Waals surface area contributed by atoms with E-state index in [1.165, 1.54) is 0 Å². The molecule has 0 unspecified atom stereocenters. The van der Waals surface area contributed by atoms with E-state index in [1.807, 2.05) is 30.3 Å². The lowest BCUT2D eigenvalue weighted by atomic mass is 10.0. The normalized spacial score (nSPS) is 15.5. The number of hydrogen-bond donors (Lipinski definition) is 1. The first-order chi connectivity index (χ1) is 13.5. The molecular formula is C21H23N3O4. The molecule has 0 spiro atoms. The van der Waals surface area contributed by atoms with E-state index in [4.69, 9.17) is 9.47 Å². The number of carbonyl (C=O) groups is 2. The SMILES string of the molecule is CC(C)c1ccccc1NC(=O)CN1CCN(c2ccc3c(c2)OCO3)C1=O. The standard InChI is InChI=1S/C21H23N3O4/c1-14(2)16-5-3-4-6-17(16)22-20(25)12-23-9-10-24(21(23)26)15-7-8-18-19(11-15)28-13-27-18/h3-8,11,14H,9-10,12-13H2,1-2H3,(H,22,25). The van der Waals surface area contributed by atoms with Crippen LogP contribution in [-0.4, -0.2) is 43.3 Å². The molecule has 1 fully saturated rings. The fraction of sp³-hybridized carbons (Fsp3) is 0.333. The first-order valence-corrected chi connectivity index (χ1v) is 9.38. The molecule has 2 aliphatic heterocycles. The maximum absolute atomic E-state index is 12.8. The average molecular weight is 381 g/mol. The third-order valence-corrected chi connectivity index (χ3v) is 4.95. The summed E-state index contributed by atoms with van der Waals surface area (Å²) in [6, 6.07) is 13.0. The second kappa shape index (κ2) is 7.42. The summed E-state index contributed by atoms with van der Waals surface area (Å²) in [5, 5.41) is 2.94. The van der Waals surface area contributed by atoms with Crippen LogP contribution in [0.5, 0.6) is 11.5 Å². The number of amides is 3. The van der Waals surface area contributed by atoms with Gasteiger partial charge in [0.1, 0.15) is 6.54 Å². The van der Waals surface area contributed by atoms with E-state index < -0.39 is 0 Å². The van der Waals surface area contributed by atoms with E-state index in [0.717, 1.165) is 16.9 Å². The number of nitrogens with one attached hydrogen (secondary N) is 1. The molecule has 0 saturated carbocycles. The molecule has 2 aliphatic rings. The lowest BCUT2D eigenvalue weighted by Crippen LogP contribution is -2.37. The van der Waals surface area contributed by atoms with Crippen molar-refractivity contribution in [2.45, 2.75) is 19.8 Å². The number of benzene rings is 2. The smallest absolute Gasteiger partial charge is 0.325 e. The average Bonchev–Trinajstić information content (AvgIpc) is 3.28. The number of nitrogens with zero attached hydrogens (tertiary/aromatic N) is 2. The molecule has 2 heterocycles. The minimum atomic E-state index is -0.200. The van der Waals surface area contributed by atoms with Crippen LogP contribution in [0, 0.1) is 0 Å². The van der Waals surface area contributed by atoms with Gasteiger partial charge in [-0.2, -0.15) is 0 Å². The highest BCUT2D eigenvalue weighted by Crippen LogP contribution is 2.36. The summed E-state index contributed by atoms with van der Waals surface area (Å²) >= 11 is 0. The van der Waals surface area contributed by atoms with E-state index in [9.17, 15) is 9.59 Å². The molecule has 1 saturated heterocycles. The number of hydrogen-bond acceptors (Lipinski definition) is 4. The van der Waals surface area contributed by atoms with Crippen LogP contribution in [0.3, 0.4) is 0 Å². The van der Waals surface area contributed by atoms with Crippen LogP contribution in [0.15, 0.2) is 42.5 Å². The van der Waals surface area contributed by atoms with E-state index in [1.54, 1.807) is 21.9 Å². The first-order valence-electron chi connectivity index (χ1n) is 9.38. The fourth-order valence-electron chi connectivity index (χ4n) is 3.50. The third kappa shape index (κ3) is 3.47. The molecular weight excluding hydrogens is 358 g/mol. The van der Waals surface area contributed by atoms with E-state index in [-0.39, 0.29) is 25.3 Å². The van der Waals surface area contributed by atoms with Gasteiger partial charge in [-0.25, -0.2) is 4.79 Å². The van der Waals surface area contributed by atoms with Crippen molar-refractivity contribution in [1.82, 2.24) is 4.90 Å². The number of anilines is 2. The van der Waals surface area contributed by atoms with Crippen LogP contribution in [-0.2, 0) is 4.79 Å². The van der Waals surface area contributed by atoms with Gasteiger partial charge in [-0.05, 0) is 29.7 Å². The predicted molar refractivity (Wildman–Crippen MR) is 106 cm³/mol. The number of ether oxygens (including phenoxy) is 2. The van der Waals surface area contributed by atoms with Gasteiger partial charge in [0.05, 0.1) is 0 Å². The Morgan fingerprint density at radius 1 is 1.11 bits per heavy atom. The molecule has 7 nitrogen and oxygen atoms in total. The molecule has 146 valence electrons. The number of para-hydroxylation sites is 1. The van der Waals surface area contributed by atoms with Gasteiger partial charge in [-0.15, -0.1) is 0 Å². The first kappa shape index (κ1) is 18.2. The van der Waals surface area contributed by atoms with Gasteiger partial charge in [0, 0.05) is 30.5 Å². The zero-order valence-electron chi connectivity index (χ0n) is 16.0. The highest BCUT2D eigenvalue weighted by Gasteiger charge is 2.31. The van der Waals surface area contributed by atoms with Crippen LogP contribution >= 0.6 is 0 Å². The highest BCUT2D eigenvalue weighted by atomic mass is 16.7. The molecule has 0 bridgehead atoms. The Hall–Kier alpha value is -3.22. The molecule has 0 aliphatic carbocycles. The summed E-state index contributed by atoms with van der Waals surface area (Å²) in [5.41, 5.74) is 2.61. The second-order valence-electron chi connectivity index (χ2n) is 7.18. The predicted octanol–water partition coefficient (Wildman–Crippen LogP) is 3.42. The Balaban J connectivity index is 1.41. The van der Waals surface area contributed by atoms with Crippen molar-refractivity contribution in [3.63, 3.8) is 0 Å². The quantitative estimate of drug-likeness (QED) is 0.862. The molecule has 1 N–H and O–H groups in total. The van der Waals surface area contributed by atoms with E-state index in [2.05, 4.69) is 19.2 Å². The Bertz CT molecular complexity index is 912. The maximum Gasteiger partial charge on any atom is 0.325 e. The van der Waals surface area contributed by atoms with Gasteiger partial charge < -0.3 is 19.7 Å². The van der Waals surface area contributed by atoms with Crippen molar-refractivity contribution in [3.05, 3.63) is 48.0 Å². The minimum Gasteiger partial charge on any atom is -0.454 e. The van der Waals surface area contributed by atoms with Crippen molar-refractivity contribution in [3.8, 4) is 11.5 Å². The summed E-state index contributed by atoms with van der Waals surface area (Å²) < 4.78 is 10.7. The van der Waals surface area contributed by atoms with Crippen molar-refractivity contribution in [2.24, 2.45) is 0 Å². The molecule has 28 heavy (non-hydrogen) atoms. The van der Waals surface area contributed by atoms with Gasteiger partial charge in [0.25, 0.3) is 0 Å². The molecule has 0 radical (unpaired) electrons. The zero-order chi connectivity index (χ0) is 19.7. The largest absolute Gasteiger partial charge is 0.454 e. The van der Waals surface area contributed by atoms with Crippen LogP contribution in [0.4, 0.5) is 16.2 Å². The summed E-state index contributed by atoms with van der Waals surface area (Å²) in [6.07, 6.45) is 0. The van der Waals surface area contributed by atoms with Gasteiger partial charge >= 0.3 is 6.03 Å². The Morgan fingerprint density at radius 2 is 1.89 bits per heavy atom. The molecule has 3 amide bonds. The summed E-state index contributed by atoms with van der Waals surface area (Å²) in [6.45, 7) is 5.39. The van der Waals surface area contributed by atoms with Crippen LogP contribution in [0.2, 0.25) is 0 Å². The topological polar surface area (TPSA) is 71.1 Å². The van der Waals surface area contributed by atoms with Crippen molar-refractivity contribution >= 4 is 23.3 Å². The van der Waals surface area contributed by atoms with Crippen LogP contribution < -0.4 is 19.7 Å². The van der Waals surface area contributed by atoms with Gasteiger partial charge in [0.15, 0.2) is 11.5 Å². The van der Waals surface area contributed by atoms with Gasteiger partial charge in [-0.1, -0.05) is 32.0 Å². The number of carbonyl (C=O) groups excluding carboxylic acids is 2. The van der Waals surface area contributed by atoms with Crippen molar-refractivity contribution < 1.29 is 19.1 Å². The number of urea groups is 1. The molecule has 2 aromatic rings. The molecule has 7 heteroatoms. The third-order valence-electron chi connectivity index (χ3n) is 4.95. The van der Waals surface area contributed by atoms with E-state index >= 15 is 0 Å². The van der Waals surface area contributed by atoms with Crippen LogP contribution in [0.1, 0.15) is 25.3 Å². The monoisotopic (exact) mass is 381 g/mol. The van der Waals surface area contributed by atoms with Crippen molar-refractivity contribution in [1.29, 1.82) is 0 Å². The maximum atomic E-state index is 12.8. The molecule has 4 rings (SSSR count). The molecule has 2 aromatic carbocycles. The Morgan fingerprint density at radius 3 is 2.71 bits per heavy atom. The summed E-state index contributed by atoms with van der Waals surface area (Å²) in [7, 11) is 0. The molecule has 0 aromatic heterocycles. The zero-order valence-corrected chi connectivity index (χ0v) is 16.0.